The monoisotopic (exact) mass is 483 g/mol. The number of urea groups is 1. The van der Waals surface area contributed by atoms with Gasteiger partial charge in [0.1, 0.15) is 6.54 Å². The van der Waals surface area contributed by atoms with E-state index >= 15 is 0 Å². The van der Waals surface area contributed by atoms with Crippen LogP contribution in [-0.4, -0.2) is 34.3 Å². The molecule has 1 N–H and O–H groups in total. The first-order valence-electron chi connectivity index (χ1n) is 11.0. The zero-order valence-corrected chi connectivity index (χ0v) is 20.8. The molecule has 3 aromatic rings. The number of aryl methyl sites for hydroxylation is 1. The zero-order chi connectivity index (χ0) is 23.8. The van der Waals surface area contributed by atoms with Gasteiger partial charge >= 0.3 is 6.03 Å². The van der Waals surface area contributed by atoms with Gasteiger partial charge in [-0.2, -0.15) is 0 Å². The number of nitrogens with zero attached hydrogens (tertiary/aromatic N) is 2. The summed E-state index contributed by atoms with van der Waals surface area (Å²) in [5, 5.41) is 5.49. The minimum atomic E-state index is -0.312. The Morgan fingerprint density at radius 3 is 2.45 bits per heavy atom. The van der Waals surface area contributed by atoms with Crippen LogP contribution in [0.15, 0.2) is 66.0 Å². The number of hydrogen-bond acceptors (Lipinski definition) is 3. The van der Waals surface area contributed by atoms with Crippen molar-refractivity contribution in [1.29, 1.82) is 0 Å². The molecule has 3 amide bonds. The fourth-order valence-electron chi connectivity index (χ4n) is 3.39. The van der Waals surface area contributed by atoms with Crippen LogP contribution in [0.3, 0.4) is 0 Å². The number of halogens is 1. The lowest BCUT2D eigenvalue weighted by Crippen LogP contribution is -2.47. The van der Waals surface area contributed by atoms with Crippen molar-refractivity contribution in [3.05, 3.63) is 87.1 Å². The van der Waals surface area contributed by atoms with Gasteiger partial charge in [-0.15, -0.1) is 11.3 Å². The zero-order valence-electron chi connectivity index (χ0n) is 19.3. The van der Waals surface area contributed by atoms with Crippen LogP contribution in [0.5, 0.6) is 0 Å². The number of nitrogens with one attached hydrogen (secondary N) is 1. The molecule has 0 bridgehead atoms. The lowest BCUT2D eigenvalue weighted by atomic mass is 10.2. The van der Waals surface area contributed by atoms with E-state index in [1.165, 1.54) is 0 Å². The van der Waals surface area contributed by atoms with E-state index in [0.29, 0.717) is 23.8 Å². The van der Waals surface area contributed by atoms with E-state index in [1.807, 2.05) is 85.6 Å². The Bertz CT molecular complexity index is 1060. The van der Waals surface area contributed by atoms with E-state index in [0.717, 1.165) is 22.4 Å². The van der Waals surface area contributed by atoms with Crippen LogP contribution in [0, 0.1) is 6.92 Å². The summed E-state index contributed by atoms with van der Waals surface area (Å²) in [6.07, 6.45) is 0.735. The molecule has 174 valence electrons. The Morgan fingerprint density at radius 1 is 1.06 bits per heavy atom. The van der Waals surface area contributed by atoms with Crippen molar-refractivity contribution in [2.75, 3.05) is 11.9 Å². The van der Waals surface area contributed by atoms with Gasteiger partial charge in [0.2, 0.25) is 5.91 Å². The standard InChI is InChI=1S/C26H30ClN3O2S/c1-4-20(3)30(26(32)28-22-13-12-19(2)24(27)15-22)18-25(31)29(17-23-11-8-14-33-23)16-21-9-6-5-7-10-21/h5-15,20H,4,16-18H2,1-3H3,(H,28,32). The molecule has 1 aromatic heterocycles. The molecule has 0 aliphatic rings. The van der Waals surface area contributed by atoms with Crippen molar-refractivity contribution >= 4 is 40.6 Å². The van der Waals surface area contributed by atoms with Crippen molar-refractivity contribution in [2.24, 2.45) is 0 Å². The van der Waals surface area contributed by atoms with Crippen molar-refractivity contribution in [1.82, 2.24) is 9.80 Å². The Morgan fingerprint density at radius 2 is 1.82 bits per heavy atom. The van der Waals surface area contributed by atoms with Gasteiger partial charge in [0.05, 0.1) is 6.54 Å². The highest BCUT2D eigenvalue weighted by atomic mass is 35.5. The Kier molecular flexibility index (Phi) is 8.92. The van der Waals surface area contributed by atoms with E-state index < -0.39 is 0 Å². The summed E-state index contributed by atoms with van der Waals surface area (Å²) < 4.78 is 0. The molecule has 3 rings (SSSR count). The second-order valence-electron chi connectivity index (χ2n) is 8.09. The number of carbonyl (C=O) groups is 2. The summed E-state index contributed by atoms with van der Waals surface area (Å²) in [5.41, 5.74) is 2.60. The van der Waals surface area contributed by atoms with E-state index in [4.69, 9.17) is 11.6 Å². The van der Waals surface area contributed by atoms with Gasteiger partial charge in [0.15, 0.2) is 0 Å². The highest BCUT2D eigenvalue weighted by Gasteiger charge is 2.25. The predicted octanol–water partition coefficient (Wildman–Crippen LogP) is 6.57. The molecule has 0 aliphatic heterocycles. The maximum Gasteiger partial charge on any atom is 0.322 e. The van der Waals surface area contributed by atoms with Crippen LogP contribution in [0.1, 0.15) is 36.3 Å². The second-order valence-corrected chi connectivity index (χ2v) is 9.53. The Labute approximate surface area is 205 Å². The van der Waals surface area contributed by atoms with E-state index in [9.17, 15) is 9.59 Å². The van der Waals surface area contributed by atoms with Crippen LogP contribution in [0.2, 0.25) is 5.02 Å². The number of hydrogen-bond donors (Lipinski definition) is 1. The summed E-state index contributed by atoms with van der Waals surface area (Å²) in [4.78, 5) is 31.1. The second kappa shape index (κ2) is 11.9. The summed E-state index contributed by atoms with van der Waals surface area (Å²) in [6, 6.07) is 18.9. The van der Waals surface area contributed by atoms with Gasteiger partial charge in [0, 0.05) is 28.2 Å². The van der Waals surface area contributed by atoms with Crippen LogP contribution in [-0.2, 0) is 17.9 Å². The molecule has 1 heterocycles. The predicted molar refractivity (Wildman–Crippen MR) is 137 cm³/mol. The van der Waals surface area contributed by atoms with Gasteiger partial charge in [-0.1, -0.05) is 61.0 Å². The van der Waals surface area contributed by atoms with Crippen LogP contribution < -0.4 is 5.32 Å². The smallest absolute Gasteiger partial charge is 0.322 e. The fourth-order valence-corrected chi connectivity index (χ4v) is 4.29. The molecular formula is C26H30ClN3O2S. The number of thiophene rings is 1. The molecule has 0 radical (unpaired) electrons. The lowest BCUT2D eigenvalue weighted by Gasteiger charge is -2.31. The third-order valence-corrected chi connectivity index (χ3v) is 6.88. The first-order chi connectivity index (χ1) is 15.9. The van der Waals surface area contributed by atoms with Crippen molar-refractivity contribution < 1.29 is 9.59 Å². The highest BCUT2D eigenvalue weighted by molar-refractivity contribution is 7.09. The van der Waals surface area contributed by atoms with Crippen LogP contribution >= 0.6 is 22.9 Å². The maximum atomic E-state index is 13.4. The minimum Gasteiger partial charge on any atom is -0.332 e. The topological polar surface area (TPSA) is 52.7 Å². The Balaban J connectivity index is 1.77. The van der Waals surface area contributed by atoms with E-state index in [-0.39, 0.29) is 24.5 Å². The first-order valence-corrected chi connectivity index (χ1v) is 12.3. The highest BCUT2D eigenvalue weighted by Crippen LogP contribution is 2.21. The lowest BCUT2D eigenvalue weighted by molar-refractivity contribution is -0.133. The molecule has 1 atom stereocenters. The average Bonchev–Trinajstić information content (AvgIpc) is 3.32. The number of anilines is 1. The third-order valence-electron chi connectivity index (χ3n) is 5.61. The van der Waals surface area contributed by atoms with Gasteiger partial charge in [-0.25, -0.2) is 4.79 Å². The molecule has 0 spiro atoms. The fraction of sp³-hybridized carbons (Fsp3) is 0.308. The Hall–Kier alpha value is -2.83. The summed E-state index contributed by atoms with van der Waals surface area (Å²) in [5.74, 6) is -0.0929. The first kappa shape index (κ1) is 24.8. The van der Waals surface area contributed by atoms with E-state index in [2.05, 4.69) is 5.32 Å². The minimum absolute atomic E-state index is 0.00135. The molecule has 1 unspecified atom stereocenters. The number of rotatable bonds is 9. The normalized spacial score (nSPS) is 11.6. The van der Waals surface area contributed by atoms with Crippen LogP contribution in [0.4, 0.5) is 10.5 Å². The van der Waals surface area contributed by atoms with E-state index in [1.54, 1.807) is 22.3 Å². The number of carbonyl (C=O) groups excluding carboxylic acids is 2. The molecule has 0 fully saturated rings. The van der Waals surface area contributed by atoms with Crippen molar-refractivity contribution in [2.45, 2.75) is 46.3 Å². The molecule has 2 aromatic carbocycles. The molecule has 0 saturated carbocycles. The molecule has 0 aliphatic carbocycles. The summed E-state index contributed by atoms with van der Waals surface area (Å²) in [6.45, 7) is 6.86. The SMILES string of the molecule is CCC(C)N(CC(=O)N(Cc1ccccc1)Cc1cccs1)C(=O)Nc1ccc(C)c(Cl)c1. The van der Waals surface area contributed by atoms with Gasteiger partial charge in [-0.05, 0) is 55.0 Å². The van der Waals surface area contributed by atoms with Crippen LogP contribution in [0.25, 0.3) is 0 Å². The van der Waals surface area contributed by atoms with Crippen molar-refractivity contribution in [3.8, 4) is 0 Å². The van der Waals surface area contributed by atoms with Gasteiger partial charge in [0.25, 0.3) is 0 Å². The number of amides is 3. The summed E-state index contributed by atoms with van der Waals surface area (Å²) in [7, 11) is 0. The largest absolute Gasteiger partial charge is 0.332 e. The van der Waals surface area contributed by atoms with Gasteiger partial charge < -0.3 is 15.1 Å². The van der Waals surface area contributed by atoms with Gasteiger partial charge in [-0.3, -0.25) is 4.79 Å². The molecule has 7 heteroatoms. The quantitative estimate of drug-likeness (QED) is 0.374. The molecule has 0 saturated heterocycles. The molecular weight excluding hydrogens is 454 g/mol. The average molecular weight is 484 g/mol. The van der Waals surface area contributed by atoms with Crippen molar-refractivity contribution in [3.63, 3.8) is 0 Å². The molecule has 5 nitrogen and oxygen atoms in total. The number of benzene rings is 2. The molecule has 33 heavy (non-hydrogen) atoms. The summed E-state index contributed by atoms with van der Waals surface area (Å²) >= 11 is 7.83. The maximum absolute atomic E-state index is 13.4. The third kappa shape index (κ3) is 7.07.